The lowest BCUT2D eigenvalue weighted by Crippen LogP contribution is -2.41. The van der Waals surface area contributed by atoms with E-state index in [1.165, 1.54) is 24.3 Å². The van der Waals surface area contributed by atoms with E-state index in [4.69, 9.17) is 0 Å². The van der Waals surface area contributed by atoms with Crippen molar-refractivity contribution in [1.82, 2.24) is 15.6 Å². The Labute approximate surface area is 139 Å². The van der Waals surface area contributed by atoms with E-state index in [9.17, 15) is 14.0 Å². The molecule has 1 aromatic heterocycles. The van der Waals surface area contributed by atoms with Gasteiger partial charge in [-0.15, -0.1) is 0 Å². The van der Waals surface area contributed by atoms with E-state index in [1.807, 2.05) is 19.1 Å². The van der Waals surface area contributed by atoms with E-state index in [-0.39, 0.29) is 18.4 Å². The van der Waals surface area contributed by atoms with Gasteiger partial charge in [-0.2, -0.15) is 0 Å². The highest BCUT2D eigenvalue weighted by Gasteiger charge is 2.13. The molecule has 1 atom stereocenters. The quantitative estimate of drug-likeness (QED) is 0.761. The minimum absolute atomic E-state index is 0.159. The molecule has 3 amide bonds. The van der Waals surface area contributed by atoms with Crippen LogP contribution in [0.15, 0.2) is 48.8 Å². The molecule has 126 valence electrons. The Morgan fingerprint density at radius 1 is 1.12 bits per heavy atom. The maximum atomic E-state index is 12.8. The minimum atomic E-state index is -0.437. The number of nitrogens with one attached hydrogen (secondary N) is 3. The van der Waals surface area contributed by atoms with Gasteiger partial charge in [0.1, 0.15) is 5.82 Å². The molecule has 0 aliphatic carbocycles. The Hall–Kier alpha value is -2.96. The van der Waals surface area contributed by atoms with Gasteiger partial charge in [0, 0.05) is 18.1 Å². The van der Waals surface area contributed by atoms with Gasteiger partial charge in [0.2, 0.25) is 5.91 Å². The number of rotatable bonds is 6. The van der Waals surface area contributed by atoms with Crippen molar-refractivity contribution in [3.05, 3.63) is 60.2 Å². The van der Waals surface area contributed by atoms with E-state index < -0.39 is 11.9 Å². The standard InChI is InChI=1S/C17H19FN4O2/c1-2-15(12-7-9-19-10-8-12)22-17(24)20-11-16(23)21-14-5-3-13(18)4-6-14/h3-10,15H,2,11H2,1H3,(H,21,23)(H2,20,22,24). The molecule has 3 N–H and O–H groups in total. The van der Waals surface area contributed by atoms with Crippen molar-refractivity contribution in [3.8, 4) is 0 Å². The van der Waals surface area contributed by atoms with Crippen molar-refractivity contribution in [3.63, 3.8) is 0 Å². The van der Waals surface area contributed by atoms with Crippen LogP contribution in [0.1, 0.15) is 24.9 Å². The second kappa shape index (κ2) is 8.61. The Balaban J connectivity index is 1.79. The highest BCUT2D eigenvalue weighted by atomic mass is 19.1. The third-order valence-electron chi connectivity index (χ3n) is 3.36. The summed E-state index contributed by atoms with van der Waals surface area (Å²) < 4.78 is 12.8. The summed E-state index contributed by atoms with van der Waals surface area (Å²) in [6.07, 6.45) is 4.03. The smallest absolute Gasteiger partial charge is 0.315 e. The van der Waals surface area contributed by atoms with Crippen LogP contribution in [-0.2, 0) is 4.79 Å². The zero-order chi connectivity index (χ0) is 17.4. The molecule has 0 saturated carbocycles. The molecule has 1 heterocycles. The van der Waals surface area contributed by atoms with Gasteiger partial charge in [-0.1, -0.05) is 6.92 Å². The molecule has 24 heavy (non-hydrogen) atoms. The molecule has 0 bridgehead atoms. The van der Waals surface area contributed by atoms with Crippen molar-refractivity contribution in [1.29, 1.82) is 0 Å². The van der Waals surface area contributed by atoms with Crippen molar-refractivity contribution >= 4 is 17.6 Å². The van der Waals surface area contributed by atoms with Crippen LogP contribution in [-0.4, -0.2) is 23.5 Å². The van der Waals surface area contributed by atoms with E-state index in [0.717, 1.165) is 5.56 Å². The largest absolute Gasteiger partial charge is 0.331 e. The number of amides is 3. The zero-order valence-corrected chi connectivity index (χ0v) is 13.3. The number of anilines is 1. The molecule has 1 unspecified atom stereocenters. The third-order valence-corrected chi connectivity index (χ3v) is 3.36. The first-order chi connectivity index (χ1) is 11.6. The summed E-state index contributed by atoms with van der Waals surface area (Å²) in [5.41, 5.74) is 1.41. The monoisotopic (exact) mass is 330 g/mol. The predicted octanol–water partition coefficient (Wildman–Crippen LogP) is 2.61. The molecular weight excluding hydrogens is 311 g/mol. The Kier molecular flexibility index (Phi) is 6.24. The normalized spacial score (nSPS) is 11.4. The number of aromatic nitrogens is 1. The number of hydrogen-bond donors (Lipinski definition) is 3. The first kappa shape index (κ1) is 17.4. The van der Waals surface area contributed by atoms with Crippen molar-refractivity contribution in [2.75, 3.05) is 11.9 Å². The Morgan fingerprint density at radius 3 is 2.42 bits per heavy atom. The van der Waals surface area contributed by atoms with E-state index in [0.29, 0.717) is 12.1 Å². The lowest BCUT2D eigenvalue weighted by molar-refractivity contribution is -0.115. The van der Waals surface area contributed by atoms with Crippen LogP contribution in [0.5, 0.6) is 0 Å². The number of urea groups is 1. The van der Waals surface area contributed by atoms with Gasteiger partial charge in [-0.3, -0.25) is 9.78 Å². The predicted molar refractivity (Wildman–Crippen MR) is 88.8 cm³/mol. The molecule has 2 rings (SSSR count). The number of carbonyl (C=O) groups is 2. The number of carbonyl (C=O) groups excluding carboxylic acids is 2. The maximum absolute atomic E-state index is 12.8. The first-order valence-electron chi connectivity index (χ1n) is 7.58. The lowest BCUT2D eigenvalue weighted by atomic mass is 10.1. The van der Waals surface area contributed by atoms with Gasteiger partial charge in [0.15, 0.2) is 0 Å². The first-order valence-corrected chi connectivity index (χ1v) is 7.58. The van der Waals surface area contributed by atoms with E-state index in [2.05, 4.69) is 20.9 Å². The van der Waals surface area contributed by atoms with Crippen LogP contribution in [0, 0.1) is 5.82 Å². The average Bonchev–Trinajstić information content (AvgIpc) is 2.60. The van der Waals surface area contributed by atoms with Crippen LogP contribution in [0.2, 0.25) is 0 Å². The summed E-state index contributed by atoms with van der Waals surface area (Å²) in [7, 11) is 0. The third kappa shape index (κ3) is 5.35. The molecule has 0 aliphatic rings. The van der Waals surface area contributed by atoms with Crippen molar-refractivity contribution in [2.24, 2.45) is 0 Å². The number of hydrogen-bond acceptors (Lipinski definition) is 3. The van der Waals surface area contributed by atoms with Gasteiger partial charge < -0.3 is 16.0 Å². The zero-order valence-electron chi connectivity index (χ0n) is 13.3. The molecule has 0 aliphatic heterocycles. The molecule has 0 radical (unpaired) electrons. The average molecular weight is 330 g/mol. The van der Waals surface area contributed by atoms with Crippen LogP contribution in [0.25, 0.3) is 0 Å². The second-order valence-corrected chi connectivity index (χ2v) is 5.12. The number of pyridine rings is 1. The minimum Gasteiger partial charge on any atom is -0.331 e. The summed E-state index contributed by atoms with van der Waals surface area (Å²) in [6.45, 7) is 1.77. The molecule has 0 saturated heterocycles. The molecule has 0 fully saturated rings. The molecule has 6 nitrogen and oxygen atoms in total. The fourth-order valence-electron chi connectivity index (χ4n) is 2.13. The molecule has 1 aromatic carbocycles. The van der Waals surface area contributed by atoms with Crippen molar-refractivity contribution in [2.45, 2.75) is 19.4 Å². The van der Waals surface area contributed by atoms with Gasteiger partial charge in [0.25, 0.3) is 0 Å². The summed E-state index contributed by atoms with van der Waals surface area (Å²) in [4.78, 5) is 27.6. The highest BCUT2D eigenvalue weighted by Crippen LogP contribution is 2.14. The van der Waals surface area contributed by atoms with Gasteiger partial charge in [0.05, 0.1) is 12.6 Å². The van der Waals surface area contributed by atoms with Gasteiger partial charge in [-0.05, 0) is 48.4 Å². The topological polar surface area (TPSA) is 83.1 Å². The summed E-state index contributed by atoms with van der Waals surface area (Å²) in [5, 5.41) is 7.87. The molecule has 0 spiro atoms. The van der Waals surface area contributed by atoms with Crippen molar-refractivity contribution < 1.29 is 14.0 Å². The van der Waals surface area contributed by atoms with E-state index in [1.54, 1.807) is 12.4 Å². The highest BCUT2D eigenvalue weighted by molar-refractivity contribution is 5.94. The molecular formula is C17H19FN4O2. The van der Waals surface area contributed by atoms with Gasteiger partial charge >= 0.3 is 6.03 Å². The second-order valence-electron chi connectivity index (χ2n) is 5.12. The number of halogens is 1. The SMILES string of the molecule is CCC(NC(=O)NCC(=O)Nc1ccc(F)cc1)c1ccncc1. The van der Waals surface area contributed by atoms with Crippen LogP contribution >= 0.6 is 0 Å². The maximum Gasteiger partial charge on any atom is 0.315 e. The van der Waals surface area contributed by atoms with Crippen LogP contribution < -0.4 is 16.0 Å². The summed E-state index contributed by atoms with van der Waals surface area (Å²) in [5.74, 6) is -0.777. The lowest BCUT2D eigenvalue weighted by Gasteiger charge is -2.17. The summed E-state index contributed by atoms with van der Waals surface area (Å²) in [6, 6.07) is 8.45. The van der Waals surface area contributed by atoms with E-state index >= 15 is 0 Å². The van der Waals surface area contributed by atoms with Crippen LogP contribution in [0.4, 0.5) is 14.9 Å². The fraction of sp³-hybridized carbons (Fsp3) is 0.235. The number of benzene rings is 1. The fourth-order valence-corrected chi connectivity index (χ4v) is 2.13. The van der Waals surface area contributed by atoms with Gasteiger partial charge in [-0.25, -0.2) is 9.18 Å². The Bertz CT molecular complexity index is 677. The Morgan fingerprint density at radius 2 is 1.79 bits per heavy atom. The number of nitrogens with zero attached hydrogens (tertiary/aromatic N) is 1. The molecule has 2 aromatic rings. The molecule has 7 heteroatoms. The van der Waals surface area contributed by atoms with Crippen LogP contribution in [0.3, 0.4) is 0 Å². The summed E-state index contributed by atoms with van der Waals surface area (Å²) >= 11 is 0.